The van der Waals surface area contributed by atoms with Crippen molar-refractivity contribution < 1.29 is 0 Å². The summed E-state index contributed by atoms with van der Waals surface area (Å²) in [5.41, 5.74) is 11.8. The van der Waals surface area contributed by atoms with Gasteiger partial charge in [0.05, 0.1) is 52.8 Å². The summed E-state index contributed by atoms with van der Waals surface area (Å²) < 4.78 is 2.25. The van der Waals surface area contributed by atoms with Gasteiger partial charge in [0.2, 0.25) is 0 Å². The Morgan fingerprint density at radius 3 is 2.42 bits per heavy atom. The van der Waals surface area contributed by atoms with E-state index in [1.807, 2.05) is 30.9 Å². The summed E-state index contributed by atoms with van der Waals surface area (Å²) in [5, 5.41) is 2.35. The fraction of sp³-hybridized carbons (Fsp3) is 0.179. The molecule has 0 radical (unpaired) electrons. The molecule has 6 nitrogen and oxygen atoms in total. The van der Waals surface area contributed by atoms with Gasteiger partial charge in [-0.1, -0.05) is 54.6 Å². The highest BCUT2D eigenvalue weighted by Crippen LogP contribution is 2.66. The number of nitrogens with zero attached hydrogens (tertiary/aromatic N) is 6. The normalized spacial score (nSPS) is 23.0. The van der Waals surface area contributed by atoms with Gasteiger partial charge in [0.1, 0.15) is 0 Å². The van der Waals surface area contributed by atoms with Crippen LogP contribution in [0.25, 0.3) is 38.8 Å². The molecular weight excluding hydrogens is 552 g/mol. The van der Waals surface area contributed by atoms with Gasteiger partial charge in [-0.3, -0.25) is 19.9 Å². The summed E-state index contributed by atoms with van der Waals surface area (Å²) in [6.45, 7) is 0. The lowest BCUT2D eigenvalue weighted by Gasteiger charge is -2.39. The van der Waals surface area contributed by atoms with Crippen LogP contribution in [0.3, 0.4) is 0 Å². The Bertz CT molecular complexity index is 2230. The van der Waals surface area contributed by atoms with Crippen molar-refractivity contribution >= 4 is 33.2 Å². The molecule has 0 amide bonds. The molecule has 0 N–H and O–H groups in total. The summed E-state index contributed by atoms with van der Waals surface area (Å²) in [6, 6.07) is 26.2. The molecule has 0 saturated heterocycles. The SMILES string of the molecule is C1=CC(N2C3=CN=C(c4ccc(-c5cc6c7ccncc7n(-c7ccccc7)c6cn5)cc4)[C@@H]4C3C4c3ccncc32)CCC1. The summed E-state index contributed by atoms with van der Waals surface area (Å²) in [7, 11) is 0. The third kappa shape index (κ3) is 3.69. The van der Waals surface area contributed by atoms with E-state index in [0.717, 1.165) is 28.0 Å². The molecule has 45 heavy (non-hydrogen) atoms. The smallest absolute Gasteiger partial charge is 0.0725 e. The Morgan fingerprint density at radius 2 is 1.56 bits per heavy atom. The van der Waals surface area contributed by atoms with Crippen LogP contribution in [0.2, 0.25) is 0 Å². The molecule has 0 spiro atoms. The molecule has 10 rings (SSSR count). The Hall–Kier alpha value is -5.36. The largest absolute Gasteiger partial charge is 0.335 e. The predicted molar refractivity (Wildman–Crippen MR) is 180 cm³/mol. The first-order valence-corrected chi connectivity index (χ1v) is 15.9. The third-order valence-electron chi connectivity index (χ3n) is 10.2. The third-order valence-corrected chi connectivity index (χ3v) is 10.2. The number of anilines is 1. The van der Waals surface area contributed by atoms with Crippen LogP contribution in [0.5, 0.6) is 0 Å². The maximum absolute atomic E-state index is 5.15. The standard InChI is InChI=1S/C39H30N6/c1-3-7-26(8-4-1)44-32-20-40-17-15-28(32)30-19-31(42-22-34(30)44)24-11-13-25(14-12-24)39-38-36-29-16-18-41-21-33(29)45(27-9-5-2-6-10-27)35(23-43-39)37(36)38/h1,3-5,7-9,11-23,27,36-38H,2,6,10H2/t27?,36?,37?,38-/m0/s1. The van der Waals surface area contributed by atoms with Gasteiger partial charge in [0.25, 0.3) is 0 Å². The zero-order valence-corrected chi connectivity index (χ0v) is 24.7. The lowest BCUT2D eigenvalue weighted by Crippen LogP contribution is -2.38. The number of aliphatic imine (C=N–C) groups is 1. The van der Waals surface area contributed by atoms with Crippen molar-refractivity contribution in [2.75, 3.05) is 4.90 Å². The second-order valence-electron chi connectivity index (χ2n) is 12.6. The Morgan fingerprint density at radius 1 is 0.733 bits per heavy atom. The number of benzene rings is 2. The maximum atomic E-state index is 5.15. The minimum absolute atomic E-state index is 0.383. The van der Waals surface area contributed by atoms with E-state index in [4.69, 9.17) is 9.98 Å². The molecule has 4 atom stereocenters. The highest BCUT2D eigenvalue weighted by Gasteiger charge is 2.62. The van der Waals surface area contributed by atoms with Crippen molar-refractivity contribution in [2.45, 2.75) is 31.2 Å². The van der Waals surface area contributed by atoms with Gasteiger partial charge in [-0.15, -0.1) is 0 Å². The van der Waals surface area contributed by atoms with Gasteiger partial charge < -0.3 is 9.47 Å². The zero-order chi connectivity index (χ0) is 29.5. The predicted octanol–water partition coefficient (Wildman–Crippen LogP) is 8.24. The van der Waals surface area contributed by atoms with Crippen LogP contribution in [0.15, 0.2) is 133 Å². The molecule has 6 heterocycles. The number of pyridine rings is 3. The van der Waals surface area contributed by atoms with Crippen LogP contribution in [0.1, 0.15) is 36.3 Å². The van der Waals surface area contributed by atoms with Crippen molar-refractivity contribution in [3.05, 3.63) is 139 Å². The Kier molecular flexibility index (Phi) is 5.32. The van der Waals surface area contributed by atoms with E-state index < -0.39 is 0 Å². The Labute approximate surface area is 261 Å². The molecule has 4 aliphatic rings. The van der Waals surface area contributed by atoms with Crippen LogP contribution >= 0.6 is 0 Å². The average Bonchev–Trinajstić information content (AvgIpc) is 3.78. The number of fused-ring (bicyclic) bond motifs is 6. The van der Waals surface area contributed by atoms with Crippen LogP contribution in [0.4, 0.5) is 5.69 Å². The average molecular weight is 583 g/mol. The van der Waals surface area contributed by atoms with E-state index in [1.165, 1.54) is 58.3 Å². The monoisotopic (exact) mass is 582 g/mol. The fourth-order valence-electron chi connectivity index (χ4n) is 8.19. The van der Waals surface area contributed by atoms with Gasteiger partial charge in [-0.2, -0.15) is 0 Å². The summed E-state index contributed by atoms with van der Waals surface area (Å²) in [6.07, 6.45) is 20.3. The number of hydrogen-bond donors (Lipinski definition) is 0. The number of rotatable bonds is 4. The molecular formula is C39H30N6. The lowest BCUT2D eigenvalue weighted by atomic mass is 9.94. The molecule has 6 heteroatoms. The van der Waals surface area contributed by atoms with E-state index in [2.05, 4.69) is 111 Å². The first kappa shape index (κ1) is 25.0. The van der Waals surface area contributed by atoms with E-state index in [-0.39, 0.29) is 0 Å². The van der Waals surface area contributed by atoms with Crippen LogP contribution in [-0.2, 0) is 0 Å². The van der Waals surface area contributed by atoms with Crippen molar-refractivity contribution in [2.24, 2.45) is 16.8 Å². The first-order chi connectivity index (χ1) is 22.3. The number of allylic oxidation sites excluding steroid dienone is 2. The minimum Gasteiger partial charge on any atom is -0.335 e. The quantitative estimate of drug-likeness (QED) is 0.197. The van der Waals surface area contributed by atoms with Crippen LogP contribution in [-0.4, -0.2) is 31.3 Å². The molecule has 4 aromatic heterocycles. The Balaban J connectivity index is 1.02. The van der Waals surface area contributed by atoms with Crippen molar-refractivity contribution in [1.82, 2.24) is 19.5 Å². The van der Waals surface area contributed by atoms with Crippen molar-refractivity contribution in [3.8, 4) is 16.9 Å². The lowest BCUT2D eigenvalue weighted by molar-refractivity contribution is 0.592. The van der Waals surface area contributed by atoms with Gasteiger partial charge in [-0.25, -0.2) is 0 Å². The molecule has 1 saturated carbocycles. The molecule has 2 aliphatic carbocycles. The maximum Gasteiger partial charge on any atom is 0.0725 e. The minimum atomic E-state index is 0.383. The van der Waals surface area contributed by atoms with Gasteiger partial charge in [-0.05, 0) is 60.7 Å². The van der Waals surface area contributed by atoms with Crippen molar-refractivity contribution in [1.29, 1.82) is 0 Å². The fourth-order valence-corrected chi connectivity index (χ4v) is 8.19. The van der Waals surface area contributed by atoms with Crippen molar-refractivity contribution in [3.63, 3.8) is 0 Å². The summed E-state index contributed by atoms with van der Waals surface area (Å²) in [4.78, 5) is 21.6. The van der Waals surface area contributed by atoms with Gasteiger partial charge >= 0.3 is 0 Å². The molecule has 2 aromatic carbocycles. The van der Waals surface area contributed by atoms with Gasteiger partial charge in [0, 0.05) is 64.1 Å². The highest BCUT2D eigenvalue weighted by molar-refractivity contribution is 6.10. The van der Waals surface area contributed by atoms with Crippen LogP contribution in [0, 0.1) is 11.8 Å². The number of hydrogen-bond acceptors (Lipinski definition) is 5. The molecule has 1 fully saturated rings. The molecule has 3 unspecified atom stereocenters. The molecule has 216 valence electrons. The van der Waals surface area contributed by atoms with Crippen LogP contribution < -0.4 is 4.90 Å². The van der Waals surface area contributed by atoms with Gasteiger partial charge in [0.15, 0.2) is 0 Å². The van der Waals surface area contributed by atoms with E-state index in [9.17, 15) is 0 Å². The second-order valence-corrected chi connectivity index (χ2v) is 12.6. The molecule has 6 aromatic rings. The number of para-hydroxylation sites is 1. The first-order valence-electron chi connectivity index (χ1n) is 15.9. The summed E-state index contributed by atoms with van der Waals surface area (Å²) >= 11 is 0. The molecule has 0 bridgehead atoms. The highest BCUT2D eigenvalue weighted by atomic mass is 15.2. The summed E-state index contributed by atoms with van der Waals surface area (Å²) in [5.74, 6) is 1.36. The zero-order valence-electron chi connectivity index (χ0n) is 24.7. The van der Waals surface area contributed by atoms with E-state index in [0.29, 0.717) is 23.8 Å². The molecule has 2 aliphatic heterocycles. The second kappa shape index (κ2) is 9.57. The number of aromatic nitrogens is 4. The van der Waals surface area contributed by atoms with E-state index >= 15 is 0 Å². The topological polar surface area (TPSA) is 59.2 Å². The van der Waals surface area contributed by atoms with E-state index in [1.54, 1.807) is 0 Å².